The maximum Gasteiger partial charge on any atom is 0.239 e. The maximum atomic E-state index is 11.0. The first-order valence-corrected chi connectivity index (χ1v) is 4.00. The summed E-state index contributed by atoms with van der Waals surface area (Å²) in [5.74, 6) is -0.399. The number of carbonyl (C=O) groups is 2. The van der Waals surface area contributed by atoms with Crippen molar-refractivity contribution in [1.82, 2.24) is 10.6 Å². The Labute approximate surface area is 70.7 Å². The smallest absolute Gasteiger partial charge is 0.239 e. The number of nitrogens with one attached hydrogen (secondary N) is 2. The van der Waals surface area contributed by atoms with Crippen molar-refractivity contribution >= 4 is 11.8 Å². The van der Waals surface area contributed by atoms with Crippen LogP contribution in [0.1, 0.15) is 12.8 Å². The van der Waals surface area contributed by atoms with Crippen LogP contribution in [0.5, 0.6) is 0 Å². The number of hydrogen-bond acceptors (Lipinski definition) is 3. The Morgan fingerprint density at radius 3 is 2.83 bits per heavy atom. The van der Waals surface area contributed by atoms with Crippen LogP contribution in [0.2, 0.25) is 0 Å². The van der Waals surface area contributed by atoms with Gasteiger partial charge in [-0.05, 0) is 12.8 Å². The van der Waals surface area contributed by atoms with E-state index in [2.05, 4.69) is 10.6 Å². The summed E-state index contributed by atoms with van der Waals surface area (Å²) >= 11 is 0. The minimum Gasteiger partial charge on any atom is -0.355 e. The molecule has 2 amide bonds. The summed E-state index contributed by atoms with van der Waals surface area (Å²) in [4.78, 5) is 21.9. The molecular formula is C7H13N3O2. The summed E-state index contributed by atoms with van der Waals surface area (Å²) in [6, 6.07) is -0.474. The van der Waals surface area contributed by atoms with Gasteiger partial charge in [0.05, 0.1) is 12.6 Å². The van der Waals surface area contributed by atoms with Gasteiger partial charge in [0.25, 0.3) is 0 Å². The number of rotatable bonds is 0. The average Bonchev–Trinajstić information content (AvgIpc) is 2.11. The Kier molecular flexibility index (Phi) is 3.04. The van der Waals surface area contributed by atoms with Crippen molar-refractivity contribution < 1.29 is 9.59 Å². The van der Waals surface area contributed by atoms with Crippen molar-refractivity contribution in [3.05, 3.63) is 0 Å². The SMILES string of the molecule is NC1CCCNC(=O)CNC1=O. The van der Waals surface area contributed by atoms with Crippen LogP contribution >= 0.6 is 0 Å². The fourth-order valence-corrected chi connectivity index (χ4v) is 1.04. The van der Waals surface area contributed by atoms with Gasteiger partial charge in [-0.1, -0.05) is 0 Å². The van der Waals surface area contributed by atoms with Crippen molar-refractivity contribution in [3.63, 3.8) is 0 Å². The molecule has 0 aliphatic carbocycles. The van der Waals surface area contributed by atoms with E-state index >= 15 is 0 Å². The van der Waals surface area contributed by atoms with Crippen LogP contribution in [0.25, 0.3) is 0 Å². The van der Waals surface area contributed by atoms with Crippen LogP contribution < -0.4 is 16.4 Å². The maximum absolute atomic E-state index is 11.0. The Morgan fingerprint density at radius 2 is 2.08 bits per heavy atom. The quantitative estimate of drug-likeness (QED) is 0.408. The summed E-state index contributed by atoms with van der Waals surface area (Å²) in [7, 11) is 0. The summed E-state index contributed by atoms with van der Waals surface area (Å²) in [5.41, 5.74) is 5.51. The summed E-state index contributed by atoms with van der Waals surface area (Å²) in [6.45, 7) is 0.633. The lowest BCUT2D eigenvalue weighted by atomic mass is 10.1. The van der Waals surface area contributed by atoms with Gasteiger partial charge < -0.3 is 16.4 Å². The average molecular weight is 171 g/mol. The summed E-state index contributed by atoms with van der Waals surface area (Å²) in [5, 5.41) is 5.10. The summed E-state index contributed by atoms with van der Waals surface area (Å²) < 4.78 is 0. The number of amides is 2. The molecule has 68 valence electrons. The van der Waals surface area contributed by atoms with E-state index in [9.17, 15) is 9.59 Å². The Bertz CT molecular complexity index is 193. The lowest BCUT2D eigenvalue weighted by Gasteiger charge is -2.07. The zero-order chi connectivity index (χ0) is 8.97. The topological polar surface area (TPSA) is 84.2 Å². The lowest BCUT2D eigenvalue weighted by Crippen LogP contribution is -2.43. The molecule has 1 aliphatic heterocycles. The van der Waals surface area contributed by atoms with Gasteiger partial charge in [0.1, 0.15) is 0 Å². The predicted octanol–water partition coefficient (Wildman–Crippen LogP) is -1.66. The molecule has 0 aromatic heterocycles. The van der Waals surface area contributed by atoms with Crippen LogP contribution in [0, 0.1) is 0 Å². The van der Waals surface area contributed by atoms with E-state index < -0.39 is 6.04 Å². The molecule has 5 heteroatoms. The molecule has 1 atom stereocenters. The van der Waals surface area contributed by atoms with Crippen molar-refractivity contribution in [2.24, 2.45) is 5.73 Å². The second-order valence-corrected chi connectivity index (χ2v) is 2.82. The minimum absolute atomic E-state index is 0.0343. The highest BCUT2D eigenvalue weighted by molar-refractivity contribution is 5.87. The van der Waals surface area contributed by atoms with E-state index in [0.717, 1.165) is 6.42 Å². The molecule has 1 unspecified atom stereocenters. The third kappa shape index (κ3) is 2.50. The number of carbonyl (C=O) groups excluding carboxylic acids is 2. The monoisotopic (exact) mass is 171 g/mol. The lowest BCUT2D eigenvalue weighted by molar-refractivity contribution is -0.126. The summed E-state index contributed by atoms with van der Waals surface area (Å²) in [6.07, 6.45) is 1.37. The van der Waals surface area contributed by atoms with E-state index in [0.29, 0.717) is 13.0 Å². The van der Waals surface area contributed by atoms with E-state index in [1.807, 2.05) is 0 Å². The molecule has 0 aromatic carbocycles. The van der Waals surface area contributed by atoms with Gasteiger partial charge in [0.15, 0.2) is 0 Å². The van der Waals surface area contributed by atoms with E-state index in [-0.39, 0.29) is 18.4 Å². The van der Waals surface area contributed by atoms with E-state index in [1.165, 1.54) is 0 Å². The highest BCUT2D eigenvalue weighted by Gasteiger charge is 2.15. The van der Waals surface area contributed by atoms with Gasteiger partial charge in [-0.2, -0.15) is 0 Å². The molecule has 0 spiro atoms. The Morgan fingerprint density at radius 1 is 1.33 bits per heavy atom. The van der Waals surface area contributed by atoms with Crippen molar-refractivity contribution in [1.29, 1.82) is 0 Å². The normalized spacial score (nSPS) is 26.2. The predicted molar refractivity (Wildman–Crippen MR) is 43.2 cm³/mol. The molecule has 0 bridgehead atoms. The second-order valence-electron chi connectivity index (χ2n) is 2.82. The van der Waals surface area contributed by atoms with Crippen molar-refractivity contribution in [2.45, 2.75) is 18.9 Å². The molecule has 5 nitrogen and oxygen atoms in total. The molecule has 0 aromatic rings. The first-order valence-electron chi connectivity index (χ1n) is 4.00. The van der Waals surface area contributed by atoms with Crippen LogP contribution in [-0.2, 0) is 9.59 Å². The molecule has 12 heavy (non-hydrogen) atoms. The zero-order valence-corrected chi connectivity index (χ0v) is 6.80. The van der Waals surface area contributed by atoms with Gasteiger partial charge >= 0.3 is 0 Å². The third-order valence-electron chi connectivity index (χ3n) is 1.77. The molecule has 4 N–H and O–H groups in total. The molecule has 1 aliphatic rings. The first-order chi connectivity index (χ1) is 5.70. The molecule has 0 radical (unpaired) electrons. The molecule has 1 rings (SSSR count). The van der Waals surface area contributed by atoms with Crippen LogP contribution in [-0.4, -0.2) is 30.9 Å². The zero-order valence-electron chi connectivity index (χ0n) is 6.80. The van der Waals surface area contributed by atoms with Crippen molar-refractivity contribution in [2.75, 3.05) is 13.1 Å². The highest BCUT2D eigenvalue weighted by atomic mass is 16.2. The Balaban J connectivity index is 2.48. The number of hydrogen-bond donors (Lipinski definition) is 3. The van der Waals surface area contributed by atoms with Crippen LogP contribution in [0.15, 0.2) is 0 Å². The fourth-order valence-electron chi connectivity index (χ4n) is 1.04. The first kappa shape index (κ1) is 8.99. The molecule has 1 saturated heterocycles. The molecule has 0 saturated carbocycles. The fraction of sp³-hybridized carbons (Fsp3) is 0.714. The van der Waals surface area contributed by atoms with Gasteiger partial charge in [-0.25, -0.2) is 0 Å². The number of nitrogens with two attached hydrogens (primary N) is 1. The molecule has 1 fully saturated rings. The largest absolute Gasteiger partial charge is 0.355 e. The molecule has 1 heterocycles. The standard InChI is InChI=1S/C7H13N3O2/c8-5-2-1-3-9-6(11)4-10-7(5)12/h5H,1-4,8H2,(H,9,11)(H,10,12). The second kappa shape index (κ2) is 4.06. The van der Waals surface area contributed by atoms with Gasteiger partial charge in [0.2, 0.25) is 11.8 Å². The molecular weight excluding hydrogens is 158 g/mol. The van der Waals surface area contributed by atoms with E-state index in [1.54, 1.807) is 0 Å². The van der Waals surface area contributed by atoms with Gasteiger partial charge in [-0.15, -0.1) is 0 Å². The van der Waals surface area contributed by atoms with Crippen LogP contribution in [0.4, 0.5) is 0 Å². The minimum atomic E-state index is -0.474. The van der Waals surface area contributed by atoms with E-state index in [4.69, 9.17) is 5.73 Å². The highest BCUT2D eigenvalue weighted by Crippen LogP contribution is 1.94. The van der Waals surface area contributed by atoms with Crippen LogP contribution in [0.3, 0.4) is 0 Å². The van der Waals surface area contributed by atoms with Gasteiger partial charge in [0, 0.05) is 6.54 Å². The van der Waals surface area contributed by atoms with Crippen molar-refractivity contribution in [3.8, 4) is 0 Å². The third-order valence-corrected chi connectivity index (χ3v) is 1.77. The Hall–Kier alpha value is -1.10. The van der Waals surface area contributed by atoms with Gasteiger partial charge in [-0.3, -0.25) is 9.59 Å².